The van der Waals surface area contributed by atoms with Crippen molar-refractivity contribution < 1.29 is 38.1 Å². The van der Waals surface area contributed by atoms with Crippen LogP contribution in [0.1, 0.15) is 35.2 Å². The predicted octanol–water partition coefficient (Wildman–Crippen LogP) is 6.90. The van der Waals surface area contributed by atoms with Crippen molar-refractivity contribution in [3.05, 3.63) is 107 Å². The summed E-state index contributed by atoms with van der Waals surface area (Å²) in [5.74, 6) is -2.79. The van der Waals surface area contributed by atoms with E-state index in [0.717, 1.165) is 45.4 Å². The van der Waals surface area contributed by atoms with Crippen LogP contribution in [-0.2, 0) is 22.6 Å². The first-order valence-corrected chi connectivity index (χ1v) is 13.4. The van der Waals surface area contributed by atoms with E-state index in [1.165, 1.54) is 6.07 Å². The molecule has 218 valence electrons. The largest absolute Gasteiger partial charge is 0.490 e. The summed E-state index contributed by atoms with van der Waals surface area (Å²) in [6.45, 7) is 2.17. The number of aryl methyl sites for hydroxylation is 1. The SMILES string of the molecule is Cc1c(CCCC(=O)O)c2cccc(C=Cc3ccc(OCC=CCOc4ccc(F)c(F)c4)cc3)c2n1CC(=O)O. The van der Waals surface area contributed by atoms with Crippen LogP contribution in [0.2, 0.25) is 0 Å². The van der Waals surface area contributed by atoms with E-state index in [9.17, 15) is 23.5 Å². The molecule has 3 aromatic carbocycles. The molecule has 0 spiro atoms. The molecule has 0 bridgehead atoms. The van der Waals surface area contributed by atoms with E-state index in [-0.39, 0.29) is 25.3 Å². The third-order valence-electron chi connectivity index (χ3n) is 6.70. The number of hydrogen-bond donors (Lipinski definition) is 2. The quantitative estimate of drug-likeness (QED) is 0.125. The Kier molecular flexibility index (Phi) is 10.1. The summed E-state index contributed by atoms with van der Waals surface area (Å²) in [4.78, 5) is 22.7. The summed E-state index contributed by atoms with van der Waals surface area (Å²) in [6, 6.07) is 16.6. The number of para-hydroxylation sites is 1. The number of ether oxygens (including phenoxy) is 2. The molecule has 0 fully saturated rings. The molecule has 0 aliphatic heterocycles. The maximum Gasteiger partial charge on any atom is 0.323 e. The van der Waals surface area contributed by atoms with Gasteiger partial charge in [-0.25, -0.2) is 8.78 Å². The van der Waals surface area contributed by atoms with Crippen molar-refractivity contribution in [1.82, 2.24) is 4.57 Å². The normalized spacial score (nSPS) is 11.5. The lowest BCUT2D eigenvalue weighted by Crippen LogP contribution is -2.10. The minimum atomic E-state index is -0.961. The maximum atomic E-state index is 13.2. The first kappa shape index (κ1) is 30.0. The Hall–Kier alpha value is -4.92. The molecule has 0 radical (unpaired) electrons. The highest BCUT2D eigenvalue weighted by molar-refractivity contribution is 5.95. The van der Waals surface area contributed by atoms with E-state index in [2.05, 4.69) is 0 Å². The van der Waals surface area contributed by atoms with Gasteiger partial charge in [-0.1, -0.05) is 42.5 Å². The van der Waals surface area contributed by atoms with E-state index in [1.807, 2.05) is 61.5 Å². The van der Waals surface area contributed by atoms with E-state index in [0.29, 0.717) is 25.2 Å². The molecule has 4 aromatic rings. The van der Waals surface area contributed by atoms with Gasteiger partial charge in [0.2, 0.25) is 0 Å². The van der Waals surface area contributed by atoms with Crippen LogP contribution in [0.15, 0.2) is 72.8 Å². The molecule has 9 heteroatoms. The van der Waals surface area contributed by atoms with Crippen LogP contribution >= 0.6 is 0 Å². The molecule has 0 aliphatic carbocycles. The number of carboxylic acid groups (broad SMARTS) is 2. The molecule has 4 rings (SSSR count). The molecule has 7 nitrogen and oxygen atoms in total. The van der Waals surface area contributed by atoms with Crippen molar-refractivity contribution >= 4 is 35.0 Å². The van der Waals surface area contributed by atoms with E-state index in [1.54, 1.807) is 16.7 Å². The number of aromatic nitrogens is 1. The minimum absolute atomic E-state index is 0.0505. The number of aliphatic carboxylic acids is 2. The summed E-state index contributed by atoms with van der Waals surface area (Å²) < 4.78 is 39.0. The van der Waals surface area contributed by atoms with Crippen LogP contribution in [0, 0.1) is 18.6 Å². The minimum Gasteiger partial charge on any atom is -0.490 e. The summed E-state index contributed by atoms with van der Waals surface area (Å²) in [7, 11) is 0. The van der Waals surface area contributed by atoms with Gasteiger partial charge in [0.1, 0.15) is 31.3 Å². The third-order valence-corrected chi connectivity index (χ3v) is 6.70. The Labute approximate surface area is 241 Å². The molecule has 0 unspecified atom stereocenters. The molecule has 0 aliphatic rings. The van der Waals surface area contributed by atoms with E-state index < -0.39 is 23.6 Å². The molecule has 1 heterocycles. The average Bonchev–Trinajstić information content (AvgIpc) is 3.22. The predicted molar refractivity (Wildman–Crippen MR) is 157 cm³/mol. The molecule has 1 aromatic heterocycles. The lowest BCUT2D eigenvalue weighted by atomic mass is 10.0. The number of carbonyl (C=O) groups is 2. The number of fused-ring (bicyclic) bond motifs is 1. The third kappa shape index (κ3) is 7.84. The van der Waals surface area contributed by atoms with Gasteiger partial charge in [0, 0.05) is 23.6 Å². The Morgan fingerprint density at radius 1 is 0.857 bits per heavy atom. The zero-order chi connectivity index (χ0) is 30.1. The zero-order valence-corrected chi connectivity index (χ0v) is 23.1. The highest BCUT2D eigenvalue weighted by Crippen LogP contribution is 2.31. The lowest BCUT2D eigenvalue weighted by molar-refractivity contribution is -0.138. The van der Waals surface area contributed by atoms with Crippen molar-refractivity contribution in [3.8, 4) is 11.5 Å². The first-order chi connectivity index (χ1) is 20.2. The van der Waals surface area contributed by atoms with E-state index in [4.69, 9.17) is 14.6 Å². The monoisotopic (exact) mass is 575 g/mol. The van der Waals surface area contributed by atoms with Crippen molar-refractivity contribution in [2.45, 2.75) is 32.7 Å². The van der Waals surface area contributed by atoms with Crippen LogP contribution in [0.25, 0.3) is 23.1 Å². The van der Waals surface area contributed by atoms with Crippen molar-refractivity contribution in [1.29, 1.82) is 0 Å². The Balaban J connectivity index is 1.40. The summed E-state index contributed by atoms with van der Waals surface area (Å²) in [5, 5.41) is 19.5. The second-order valence-corrected chi connectivity index (χ2v) is 9.61. The van der Waals surface area contributed by atoms with Crippen LogP contribution < -0.4 is 9.47 Å². The van der Waals surface area contributed by atoms with Gasteiger partial charge in [-0.15, -0.1) is 0 Å². The molecule has 0 saturated carbocycles. The van der Waals surface area contributed by atoms with Gasteiger partial charge in [-0.3, -0.25) is 9.59 Å². The lowest BCUT2D eigenvalue weighted by Gasteiger charge is -2.08. The molecular formula is C33H31F2NO6. The standard InChI is InChI=1S/C33H31F2NO6/c1-22-27(7-5-9-31(37)38)28-8-4-6-24(33(28)36(22)21-32(39)40)13-10-23-11-14-25(15-12-23)41-18-2-3-19-42-26-16-17-29(34)30(35)20-26/h2-4,6,8,10-17,20H,5,7,9,18-19,21H2,1H3,(H,37,38)(H,39,40). The molecule has 2 N–H and O–H groups in total. The fraction of sp³-hybridized carbons (Fsp3) is 0.212. The Morgan fingerprint density at radius 3 is 2.21 bits per heavy atom. The van der Waals surface area contributed by atoms with Crippen molar-refractivity contribution in [2.24, 2.45) is 0 Å². The summed E-state index contributed by atoms with van der Waals surface area (Å²) in [5.41, 5.74) is 4.38. The van der Waals surface area contributed by atoms with Gasteiger partial charge < -0.3 is 24.3 Å². The smallest absolute Gasteiger partial charge is 0.323 e. The highest BCUT2D eigenvalue weighted by atomic mass is 19.2. The maximum absolute atomic E-state index is 13.2. The Morgan fingerprint density at radius 2 is 1.55 bits per heavy atom. The molecule has 0 amide bonds. The highest BCUT2D eigenvalue weighted by Gasteiger charge is 2.18. The van der Waals surface area contributed by atoms with E-state index >= 15 is 0 Å². The molecule has 42 heavy (non-hydrogen) atoms. The van der Waals surface area contributed by atoms with Crippen LogP contribution in [-0.4, -0.2) is 39.9 Å². The topological polar surface area (TPSA) is 98.0 Å². The summed E-state index contributed by atoms with van der Waals surface area (Å²) in [6.07, 6.45) is 8.42. The Bertz CT molecular complexity index is 1620. The summed E-state index contributed by atoms with van der Waals surface area (Å²) >= 11 is 0. The van der Waals surface area contributed by atoms with Gasteiger partial charge in [0.05, 0.1) is 5.52 Å². The number of nitrogens with zero attached hydrogens (tertiary/aromatic N) is 1. The molecule has 0 saturated heterocycles. The van der Waals surface area contributed by atoms with Gasteiger partial charge in [0.15, 0.2) is 11.6 Å². The zero-order valence-electron chi connectivity index (χ0n) is 23.1. The van der Waals surface area contributed by atoms with Crippen LogP contribution in [0.5, 0.6) is 11.5 Å². The molecular weight excluding hydrogens is 544 g/mol. The number of carboxylic acids is 2. The van der Waals surface area contributed by atoms with Crippen LogP contribution in [0.3, 0.4) is 0 Å². The van der Waals surface area contributed by atoms with Gasteiger partial charge >= 0.3 is 11.9 Å². The first-order valence-electron chi connectivity index (χ1n) is 13.4. The molecule has 0 atom stereocenters. The number of halogens is 2. The van der Waals surface area contributed by atoms with Crippen LogP contribution in [0.4, 0.5) is 8.78 Å². The van der Waals surface area contributed by atoms with Crippen molar-refractivity contribution in [2.75, 3.05) is 13.2 Å². The number of hydrogen-bond acceptors (Lipinski definition) is 4. The number of rotatable bonds is 14. The second-order valence-electron chi connectivity index (χ2n) is 9.61. The van der Waals surface area contributed by atoms with Gasteiger partial charge in [-0.2, -0.15) is 0 Å². The fourth-order valence-corrected chi connectivity index (χ4v) is 4.68. The van der Waals surface area contributed by atoms with Gasteiger partial charge in [0.25, 0.3) is 0 Å². The number of benzene rings is 3. The average molecular weight is 576 g/mol. The van der Waals surface area contributed by atoms with Gasteiger partial charge in [-0.05, 0) is 72.9 Å². The second kappa shape index (κ2) is 14.1. The fourth-order valence-electron chi connectivity index (χ4n) is 4.68. The van der Waals surface area contributed by atoms with Crippen molar-refractivity contribution in [3.63, 3.8) is 0 Å².